The van der Waals surface area contributed by atoms with Gasteiger partial charge in [-0.25, -0.2) is 0 Å². The van der Waals surface area contributed by atoms with Crippen LogP contribution in [0.3, 0.4) is 0 Å². The van der Waals surface area contributed by atoms with Gasteiger partial charge in [0.05, 0.1) is 17.7 Å². The van der Waals surface area contributed by atoms with E-state index in [1.807, 2.05) is 0 Å². The van der Waals surface area contributed by atoms with Crippen LogP contribution < -0.4 is 10.9 Å². The summed E-state index contributed by atoms with van der Waals surface area (Å²) in [6.07, 6.45) is 1.24. The van der Waals surface area contributed by atoms with Gasteiger partial charge in [-0.05, 0) is 24.6 Å². The van der Waals surface area contributed by atoms with Crippen LogP contribution in [0.15, 0.2) is 41.3 Å². The van der Waals surface area contributed by atoms with E-state index in [9.17, 15) is 19.7 Å². The number of pyridine rings is 1. The minimum absolute atomic E-state index is 0.0958. The number of carbonyl (C=O) groups excluding carboxylic acids is 1. The lowest BCUT2D eigenvalue weighted by molar-refractivity contribution is -0.385. The number of aryl methyl sites for hydroxylation is 1. The number of hydrogen-bond donors (Lipinski definition) is 1. The molecule has 1 N–H and O–H groups in total. The summed E-state index contributed by atoms with van der Waals surface area (Å²) in [6.45, 7) is 1.73. The van der Waals surface area contributed by atoms with Crippen molar-refractivity contribution in [1.82, 2.24) is 9.88 Å². The molecule has 0 unspecified atom stereocenters. The van der Waals surface area contributed by atoms with E-state index in [1.54, 1.807) is 31.3 Å². The van der Waals surface area contributed by atoms with Crippen LogP contribution in [-0.2, 0) is 6.54 Å². The highest BCUT2D eigenvalue weighted by molar-refractivity contribution is 5.93. The molecule has 0 saturated carbocycles. The quantitative estimate of drug-likeness (QED) is 0.683. The van der Waals surface area contributed by atoms with Gasteiger partial charge >= 0.3 is 0 Å². The lowest BCUT2D eigenvalue weighted by Gasteiger charge is -2.07. The maximum atomic E-state index is 11.9. The van der Waals surface area contributed by atoms with Gasteiger partial charge in [-0.15, -0.1) is 0 Å². The lowest BCUT2D eigenvalue weighted by atomic mass is 10.1. The van der Waals surface area contributed by atoms with Crippen LogP contribution in [0.2, 0.25) is 0 Å². The average molecular weight is 301 g/mol. The van der Waals surface area contributed by atoms with Gasteiger partial charge in [0.2, 0.25) is 0 Å². The van der Waals surface area contributed by atoms with E-state index in [4.69, 9.17) is 0 Å². The Kier molecular flexibility index (Phi) is 4.36. The molecule has 0 atom stereocenters. The number of benzene rings is 1. The van der Waals surface area contributed by atoms with Gasteiger partial charge in [0.25, 0.3) is 17.2 Å². The Balaban J connectivity index is 2.31. The fourth-order valence-electron chi connectivity index (χ4n) is 2.07. The molecule has 0 bridgehead atoms. The number of aromatic nitrogens is 1. The number of carbonyl (C=O) groups is 1. The highest BCUT2D eigenvalue weighted by atomic mass is 16.6. The first kappa shape index (κ1) is 15.4. The molecule has 0 radical (unpaired) electrons. The maximum Gasteiger partial charge on any atom is 0.288 e. The molecule has 2 aromatic rings. The first-order valence-electron chi connectivity index (χ1n) is 6.59. The second-order valence-electron chi connectivity index (χ2n) is 4.84. The SMILES string of the molecule is CNC(=O)c1ccc(Cn2cc([N+](=O)[O-])c(C)cc2=O)cc1. The highest BCUT2D eigenvalue weighted by Crippen LogP contribution is 2.15. The Hall–Kier alpha value is -2.96. The molecule has 0 fully saturated rings. The molecule has 0 aliphatic carbocycles. The van der Waals surface area contributed by atoms with Gasteiger partial charge in [-0.1, -0.05) is 12.1 Å². The Morgan fingerprint density at radius 3 is 2.50 bits per heavy atom. The number of hydrogen-bond acceptors (Lipinski definition) is 4. The zero-order chi connectivity index (χ0) is 16.3. The number of nitrogens with zero attached hydrogens (tertiary/aromatic N) is 2. The fourth-order valence-corrected chi connectivity index (χ4v) is 2.07. The van der Waals surface area contributed by atoms with Crippen molar-refractivity contribution in [3.63, 3.8) is 0 Å². The van der Waals surface area contributed by atoms with E-state index in [2.05, 4.69) is 5.32 Å². The van der Waals surface area contributed by atoms with E-state index in [-0.39, 0.29) is 23.7 Å². The molecule has 0 spiro atoms. The van der Waals surface area contributed by atoms with Gasteiger partial charge in [-0.2, -0.15) is 0 Å². The molecule has 114 valence electrons. The zero-order valence-corrected chi connectivity index (χ0v) is 12.2. The molecular weight excluding hydrogens is 286 g/mol. The van der Waals surface area contributed by atoms with Crippen molar-refractivity contribution in [3.8, 4) is 0 Å². The minimum atomic E-state index is -0.514. The standard InChI is InChI=1S/C15H15N3O4/c1-10-7-14(19)17(9-13(10)18(21)22)8-11-3-5-12(6-4-11)15(20)16-2/h3-7,9H,8H2,1-2H3,(H,16,20). The predicted molar refractivity (Wildman–Crippen MR) is 81.0 cm³/mol. The third-order valence-electron chi connectivity index (χ3n) is 3.30. The average Bonchev–Trinajstić information content (AvgIpc) is 2.49. The van der Waals surface area contributed by atoms with Crippen LogP contribution >= 0.6 is 0 Å². The number of rotatable bonds is 4. The molecule has 2 rings (SSSR count). The summed E-state index contributed by atoms with van der Waals surface area (Å²) in [5.74, 6) is -0.199. The first-order valence-corrected chi connectivity index (χ1v) is 6.59. The molecular formula is C15H15N3O4. The van der Waals surface area contributed by atoms with Crippen LogP contribution in [0, 0.1) is 17.0 Å². The first-order chi connectivity index (χ1) is 10.4. The Labute approximate surface area is 126 Å². The summed E-state index contributed by atoms with van der Waals surface area (Å²) in [5, 5.41) is 13.5. The summed E-state index contributed by atoms with van der Waals surface area (Å²) >= 11 is 0. The summed E-state index contributed by atoms with van der Waals surface area (Å²) in [4.78, 5) is 33.8. The normalized spacial score (nSPS) is 10.3. The van der Waals surface area contributed by atoms with E-state index in [1.165, 1.54) is 23.8 Å². The van der Waals surface area contributed by atoms with Crippen LogP contribution in [0.5, 0.6) is 0 Å². The van der Waals surface area contributed by atoms with Crippen molar-refractivity contribution in [1.29, 1.82) is 0 Å². The van der Waals surface area contributed by atoms with Crippen molar-refractivity contribution in [3.05, 3.63) is 73.7 Å². The van der Waals surface area contributed by atoms with Crippen molar-refractivity contribution < 1.29 is 9.72 Å². The van der Waals surface area contributed by atoms with Gasteiger partial charge in [0.1, 0.15) is 0 Å². The summed E-state index contributed by atoms with van der Waals surface area (Å²) in [5.41, 5.74) is 1.21. The third kappa shape index (κ3) is 3.20. The topological polar surface area (TPSA) is 94.2 Å². The Bertz CT molecular complexity index is 778. The van der Waals surface area contributed by atoms with E-state index in [0.717, 1.165) is 5.56 Å². The van der Waals surface area contributed by atoms with Crippen molar-refractivity contribution in [2.75, 3.05) is 7.05 Å². The summed E-state index contributed by atoms with van der Waals surface area (Å²) < 4.78 is 1.28. The van der Waals surface area contributed by atoms with Gasteiger partial charge in [0.15, 0.2) is 0 Å². The highest BCUT2D eigenvalue weighted by Gasteiger charge is 2.13. The second-order valence-corrected chi connectivity index (χ2v) is 4.84. The molecule has 1 aromatic heterocycles. The smallest absolute Gasteiger partial charge is 0.288 e. The molecule has 0 saturated heterocycles. The predicted octanol–water partition coefficient (Wildman–Crippen LogP) is 1.47. The van der Waals surface area contributed by atoms with Crippen molar-refractivity contribution >= 4 is 11.6 Å². The summed E-state index contributed by atoms with van der Waals surface area (Å²) in [7, 11) is 1.54. The lowest BCUT2D eigenvalue weighted by Crippen LogP contribution is -2.21. The molecule has 1 aromatic carbocycles. The molecule has 0 aliphatic heterocycles. The van der Waals surface area contributed by atoms with Crippen LogP contribution in [-0.4, -0.2) is 22.4 Å². The van der Waals surface area contributed by atoms with Gasteiger partial charge < -0.3 is 9.88 Å². The molecule has 7 heteroatoms. The molecule has 22 heavy (non-hydrogen) atoms. The fraction of sp³-hybridized carbons (Fsp3) is 0.200. The number of amides is 1. The minimum Gasteiger partial charge on any atom is -0.355 e. The Morgan fingerprint density at radius 1 is 1.32 bits per heavy atom. The molecule has 7 nitrogen and oxygen atoms in total. The van der Waals surface area contributed by atoms with E-state index < -0.39 is 4.92 Å². The van der Waals surface area contributed by atoms with Crippen molar-refractivity contribution in [2.24, 2.45) is 0 Å². The van der Waals surface area contributed by atoms with E-state index >= 15 is 0 Å². The summed E-state index contributed by atoms with van der Waals surface area (Å²) in [6, 6.07) is 7.95. The Morgan fingerprint density at radius 2 is 1.95 bits per heavy atom. The zero-order valence-electron chi connectivity index (χ0n) is 12.2. The van der Waals surface area contributed by atoms with Crippen molar-refractivity contribution in [2.45, 2.75) is 13.5 Å². The monoisotopic (exact) mass is 301 g/mol. The van der Waals surface area contributed by atoms with Crippen LogP contribution in [0.4, 0.5) is 5.69 Å². The number of nitrogens with one attached hydrogen (secondary N) is 1. The van der Waals surface area contributed by atoms with Gasteiger partial charge in [-0.3, -0.25) is 19.7 Å². The number of nitro groups is 1. The maximum absolute atomic E-state index is 11.9. The molecule has 0 aliphatic rings. The molecule has 1 heterocycles. The van der Waals surface area contributed by atoms with E-state index in [0.29, 0.717) is 11.1 Å². The van der Waals surface area contributed by atoms with Gasteiger partial charge in [0, 0.05) is 24.2 Å². The largest absolute Gasteiger partial charge is 0.355 e. The third-order valence-corrected chi connectivity index (χ3v) is 3.30. The van der Waals surface area contributed by atoms with Crippen LogP contribution in [0.1, 0.15) is 21.5 Å². The van der Waals surface area contributed by atoms with Crippen LogP contribution in [0.25, 0.3) is 0 Å². The molecule has 1 amide bonds. The second kappa shape index (κ2) is 6.21.